The van der Waals surface area contributed by atoms with E-state index in [1.54, 1.807) is 38.1 Å². The minimum atomic E-state index is -1.92. The Hall–Kier alpha value is -2.55. The average Bonchev–Trinajstić information content (AvgIpc) is 2.79. The Morgan fingerprint density at radius 1 is 1.35 bits per heavy atom. The van der Waals surface area contributed by atoms with Gasteiger partial charge in [0, 0.05) is 0 Å². The van der Waals surface area contributed by atoms with Crippen molar-refractivity contribution in [1.82, 2.24) is 10.2 Å². The molecule has 0 spiro atoms. The van der Waals surface area contributed by atoms with Gasteiger partial charge in [0.05, 0.1) is 11.2 Å². The van der Waals surface area contributed by atoms with Crippen molar-refractivity contribution in [2.24, 2.45) is 0 Å². The molecule has 0 radical (unpaired) electrons. The molecule has 3 rings (SSSR count). The SMILES string of the molecule is CC1(C)S[C@@H]2[C@H](OC=O)C(=O)N2[C@@]1(NC(=O)Cc1ccccc1)C(=O)O. The molecule has 138 valence electrons. The number of ether oxygens (including phenoxy) is 1. The maximum atomic E-state index is 12.5. The lowest BCUT2D eigenvalue weighted by Gasteiger charge is -2.48. The van der Waals surface area contributed by atoms with Crippen LogP contribution in [0.5, 0.6) is 0 Å². The third-order valence-corrected chi connectivity index (χ3v) is 6.27. The Bertz CT molecular complexity index is 768. The quantitative estimate of drug-likeness (QED) is 0.543. The van der Waals surface area contributed by atoms with Crippen LogP contribution >= 0.6 is 11.8 Å². The van der Waals surface area contributed by atoms with Gasteiger partial charge in [-0.05, 0) is 19.4 Å². The highest BCUT2D eigenvalue weighted by Crippen LogP contribution is 2.56. The van der Waals surface area contributed by atoms with Gasteiger partial charge in [-0.25, -0.2) is 4.79 Å². The number of thioether (sulfide) groups is 1. The standard InChI is InChI=1S/C17H18N2O6S/c1-16(2)17(15(23)24,18-11(21)8-10-6-4-3-5-7-10)19-13(22)12(25-9-20)14(19)26-16/h3-7,9,12,14H,8H2,1-2H3,(H,18,21)(H,23,24)/t12-,14-,17+/m1/s1. The van der Waals surface area contributed by atoms with Crippen molar-refractivity contribution in [1.29, 1.82) is 0 Å². The fraction of sp³-hybridized carbons (Fsp3) is 0.412. The van der Waals surface area contributed by atoms with E-state index in [4.69, 9.17) is 4.74 Å². The van der Waals surface area contributed by atoms with Crippen LogP contribution in [0, 0.1) is 0 Å². The molecular formula is C17H18N2O6S. The molecule has 2 heterocycles. The van der Waals surface area contributed by atoms with E-state index in [1.165, 1.54) is 11.8 Å². The molecule has 2 fully saturated rings. The minimum absolute atomic E-state index is 0.0163. The number of fused-ring (bicyclic) bond motifs is 1. The van der Waals surface area contributed by atoms with Crippen molar-refractivity contribution in [2.45, 2.75) is 42.2 Å². The summed E-state index contributed by atoms with van der Waals surface area (Å²) in [6.07, 6.45) is -1.05. The largest absolute Gasteiger partial charge is 0.478 e. The van der Waals surface area contributed by atoms with Gasteiger partial charge in [-0.3, -0.25) is 19.3 Å². The highest BCUT2D eigenvalue weighted by atomic mass is 32.2. The molecule has 2 N–H and O–H groups in total. The number of hydrogen-bond acceptors (Lipinski definition) is 6. The molecule has 0 unspecified atom stereocenters. The summed E-state index contributed by atoms with van der Waals surface area (Å²) in [7, 11) is 0. The molecule has 0 saturated carbocycles. The maximum Gasteiger partial charge on any atom is 0.352 e. The Labute approximate surface area is 153 Å². The number of hydrogen-bond donors (Lipinski definition) is 2. The number of aliphatic carboxylic acids is 1. The van der Waals surface area contributed by atoms with Gasteiger partial charge in [-0.1, -0.05) is 30.3 Å². The van der Waals surface area contributed by atoms with Crippen LogP contribution in [0.15, 0.2) is 30.3 Å². The summed E-state index contributed by atoms with van der Waals surface area (Å²) in [5.74, 6) is -2.49. The third kappa shape index (κ3) is 2.54. The molecule has 2 aliphatic rings. The second-order valence-electron chi connectivity index (χ2n) is 6.61. The molecule has 1 aromatic rings. The molecule has 26 heavy (non-hydrogen) atoms. The van der Waals surface area contributed by atoms with Gasteiger partial charge in [-0.15, -0.1) is 11.8 Å². The van der Waals surface area contributed by atoms with Crippen LogP contribution in [0.3, 0.4) is 0 Å². The number of carbonyl (C=O) groups excluding carboxylic acids is 3. The van der Waals surface area contributed by atoms with Crippen molar-refractivity contribution in [2.75, 3.05) is 0 Å². The minimum Gasteiger partial charge on any atom is -0.478 e. The van der Waals surface area contributed by atoms with Crippen molar-refractivity contribution >= 4 is 36.0 Å². The summed E-state index contributed by atoms with van der Waals surface area (Å²) in [5, 5.41) is 11.8. The van der Waals surface area contributed by atoms with Crippen molar-refractivity contribution in [3.8, 4) is 0 Å². The monoisotopic (exact) mass is 378 g/mol. The Morgan fingerprint density at radius 2 is 2.00 bits per heavy atom. The average molecular weight is 378 g/mol. The van der Waals surface area contributed by atoms with E-state index < -0.39 is 39.7 Å². The molecule has 8 nitrogen and oxygen atoms in total. The topological polar surface area (TPSA) is 113 Å². The highest BCUT2D eigenvalue weighted by Gasteiger charge is 2.74. The van der Waals surface area contributed by atoms with Gasteiger partial charge >= 0.3 is 5.97 Å². The first-order valence-corrected chi connectivity index (χ1v) is 8.81. The van der Waals surface area contributed by atoms with E-state index in [0.29, 0.717) is 0 Å². The van der Waals surface area contributed by atoms with Gasteiger partial charge in [-0.2, -0.15) is 0 Å². The maximum absolute atomic E-state index is 12.5. The van der Waals surface area contributed by atoms with Gasteiger partial charge in [0.25, 0.3) is 12.4 Å². The lowest BCUT2D eigenvalue weighted by molar-refractivity contribution is -0.189. The molecule has 3 atom stereocenters. The molecule has 1 aromatic carbocycles. The van der Waals surface area contributed by atoms with E-state index in [2.05, 4.69) is 5.32 Å². The molecule has 9 heteroatoms. The van der Waals surface area contributed by atoms with Gasteiger partial charge in [0.2, 0.25) is 17.7 Å². The Morgan fingerprint density at radius 3 is 2.58 bits per heavy atom. The molecule has 0 bridgehead atoms. The lowest BCUT2D eigenvalue weighted by Crippen LogP contribution is -2.78. The summed E-state index contributed by atoms with van der Waals surface area (Å²) in [6, 6.07) is 8.89. The zero-order valence-corrected chi connectivity index (χ0v) is 15.0. The van der Waals surface area contributed by atoms with Crippen LogP contribution in [0.1, 0.15) is 19.4 Å². The number of carboxylic acid groups (broad SMARTS) is 1. The van der Waals surface area contributed by atoms with Crippen molar-refractivity contribution < 1.29 is 29.0 Å². The molecule has 0 aliphatic carbocycles. The fourth-order valence-corrected chi connectivity index (χ4v) is 5.11. The fourth-order valence-electron chi connectivity index (χ4n) is 3.42. The number of carboxylic acids is 1. The summed E-state index contributed by atoms with van der Waals surface area (Å²) in [4.78, 5) is 48.8. The Balaban J connectivity index is 1.89. The first-order chi connectivity index (χ1) is 12.2. The van der Waals surface area contributed by atoms with Crippen LogP contribution < -0.4 is 5.32 Å². The van der Waals surface area contributed by atoms with E-state index in [1.807, 2.05) is 6.07 Å². The molecule has 2 aliphatic heterocycles. The van der Waals surface area contributed by atoms with E-state index >= 15 is 0 Å². The normalized spacial score (nSPS) is 28.7. The second kappa shape index (κ2) is 6.31. The summed E-state index contributed by atoms with van der Waals surface area (Å²) in [6.45, 7) is 3.44. The first-order valence-electron chi connectivity index (χ1n) is 7.93. The second-order valence-corrected chi connectivity index (χ2v) is 8.35. The smallest absolute Gasteiger partial charge is 0.352 e. The van der Waals surface area contributed by atoms with E-state index in [-0.39, 0.29) is 12.9 Å². The molecule has 2 amide bonds. The Kier molecular flexibility index (Phi) is 4.43. The zero-order valence-electron chi connectivity index (χ0n) is 14.2. The summed E-state index contributed by atoms with van der Waals surface area (Å²) in [5.41, 5.74) is -1.20. The van der Waals surface area contributed by atoms with Crippen LogP contribution in [0.25, 0.3) is 0 Å². The summed E-state index contributed by atoms with van der Waals surface area (Å²) >= 11 is 1.18. The number of β-lactam (4-membered cyclic amide) rings is 1. The highest BCUT2D eigenvalue weighted by molar-refractivity contribution is 8.01. The number of nitrogens with one attached hydrogen (secondary N) is 1. The van der Waals surface area contributed by atoms with Crippen LogP contribution in [-0.2, 0) is 30.3 Å². The number of benzene rings is 1. The van der Waals surface area contributed by atoms with Gasteiger partial charge < -0.3 is 15.2 Å². The van der Waals surface area contributed by atoms with Crippen LogP contribution in [0.2, 0.25) is 0 Å². The van der Waals surface area contributed by atoms with E-state index in [9.17, 15) is 24.3 Å². The predicted molar refractivity (Wildman–Crippen MR) is 91.9 cm³/mol. The van der Waals surface area contributed by atoms with Gasteiger partial charge in [0.15, 0.2) is 0 Å². The van der Waals surface area contributed by atoms with Crippen molar-refractivity contribution in [3.63, 3.8) is 0 Å². The van der Waals surface area contributed by atoms with Gasteiger partial charge in [0.1, 0.15) is 5.37 Å². The third-order valence-electron chi connectivity index (χ3n) is 4.68. The number of amides is 2. The summed E-state index contributed by atoms with van der Waals surface area (Å²) < 4.78 is 3.74. The number of nitrogens with zero attached hydrogens (tertiary/aromatic N) is 1. The predicted octanol–water partition coefficient (Wildman–Crippen LogP) is 0.361. The number of carbonyl (C=O) groups is 4. The lowest BCUT2D eigenvalue weighted by atomic mass is 9.89. The number of rotatable bonds is 6. The van der Waals surface area contributed by atoms with Crippen LogP contribution in [-0.4, -0.2) is 56.2 Å². The van der Waals surface area contributed by atoms with Crippen LogP contribution in [0.4, 0.5) is 0 Å². The molecule has 2 saturated heterocycles. The first kappa shape index (κ1) is 18.2. The zero-order chi connectivity index (χ0) is 19.1. The molecular weight excluding hydrogens is 360 g/mol. The van der Waals surface area contributed by atoms with Crippen molar-refractivity contribution in [3.05, 3.63) is 35.9 Å². The molecule has 0 aromatic heterocycles. The van der Waals surface area contributed by atoms with E-state index in [0.717, 1.165) is 10.5 Å².